The number of nitrogens with zero attached hydrogens (tertiary/aromatic N) is 6. The fraction of sp³-hybridized carbons (Fsp3) is 0.600. The number of carbonyl (C=O) groups excluding carboxylic acids is 2. The van der Waals surface area contributed by atoms with E-state index in [-0.39, 0.29) is 18.4 Å². The van der Waals surface area contributed by atoms with E-state index in [4.69, 9.17) is 0 Å². The third-order valence-electron chi connectivity index (χ3n) is 5.54. The van der Waals surface area contributed by atoms with Gasteiger partial charge in [-0.1, -0.05) is 0 Å². The van der Waals surface area contributed by atoms with Gasteiger partial charge < -0.3 is 10.2 Å². The summed E-state index contributed by atoms with van der Waals surface area (Å²) in [7, 11) is 0. The van der Waals surface area contributed by atoms with Gasteiger partial charge in [0.25, 0.3) is 0 Å². The van der Waals surface area contributed by atoms with Gasteiger partial charge in [0.2, 0.25) is 5.91 Å². The topological polar surface area (TPSA) is 86.6 Å². The Kier molecular flexibility index (Phi) is 6.63. The van der Waals surface area contributed by atoms with Crippen LogP contribution in [0.5, 0.6) is 0 Å². The number of hydrogen-bond donors (Lipinski definition) is 1. The molecule has 0 atom stereocenters. The molecule has 4 rings (SSSR count). The number of amides is 3. The summed E-state index contributed by atoms with van der Waals surface area (Å²) in [6.07, 6.45) is 6.18. The van der Waals surface area contributed by atoms with Crippen LogP contribution in [-0.4, -0.2) is 75.8 Å². The zero-order valence-electron chi connectivity index (χ0n) is 17.4. The molecule has 0 aromatic carbocycles. The van der Waals surface area contributed by atoms with E-state index in [0.29, 0.717) is 18.2 Å². The van der Waals surface area contributed by atoms with Crippen molar-refractivity contribution in [3.63, 3.8) is 0 Å². The predicted molar refractivity (Wildman–Crippen MR) is 116 cm³/mol. The Hall–Kier alpha value is -2.46. The van der Waals surface area contributed by atoms with Crippen molar-refractivity contribution in [3.05, 3.63) is 29.0 Å². The number of hydrogen-bond acceptors (Lipinski definition) is 6. The van der Waals surface area contributed by atoms with Crippen LogP contribution < -0.4 is 10.2 Å². The van der Waals surface area contributed by atoms with Crippen LogP contribution in [0, 0.1) is 0 Å². The number of aromatic nitrogens is 3. The summed E-state index contributed by atoms with van der Waals surface area (Å²) in [5.41, 5.74) is 1.96. The van der Waals surface area contributed by atoms with Gasteiger partial charge in [0.15, 0.2) is 5.13 Å². The third-order valence-corrected chi connectivity index (χ3v) is 6.45. The highest BCUT2D eigenvalue weighted by atomic mass is 32.1. The molecule has 0 saturated carbocycles. The molecule has 2 aliphatic heterocycles. The van der Waals surface area contributed by atoms with Crippen molar-refractivity contribution in [1.29, 1.82) is 0 Å². The summed E-state index contributed by atoms with van der Waals surface area (Å²) >= 11 is 1.43. The van der Waals surface area contributed by atoms with E-state index >= 15 is 0 Å². The monoisotopic (exact) mass is 431 g/mol. The van der Waals surface area contributed by atoms with Crippen molar-refractivity contribution >= 4 is 28.4 Å². The molecule has 3 amide bonds. The lowest BCUT2D eigenvalue weighted by Crippen LogP contribution is -2.46. The molecule has 0 unspecified atom stereocenters. The fourth-order valence-corrected chi connectivity index (χ4v) is 4.73. The summed E-state index contributed by atoms with van der Waals surface area (Å²) in [6.45, 7) is 8.55. The Morgan fingerprint density at radius 1 is 1.20 bits per heavy atom. The van der Waals surface area contributed by atoms with Crippen molar-refractivity contribution in [2.24, 2.45) is 0 Å². The Morgan fingerprint density at radius 2 is 2.10 bits per heavy atom. The van der Waals surface area contributed by atoms with Gasteiger partial charge in [-0.25, -0.2) is 9.78 Å². The molecule has 2 saturated heterocycles. The average molecular weight is 432 g/mol. The highest BCUT2D eigenvalue weighted by molar-refractivity contribution is 7.14. The van der Waals surface area contributed by atoms with Gasteiger partial charge in [-0.2, -0.15) is 5.10 Å². The maximum atomic E-state index is 12.8. The van der Waals surface area contributed by atoms with Gasteiger partial charge in [-0.15, -0.1) is 11.3 Å². The molecule has 4 heterocycles. The van der Waals surface area contributed by atoms with Crippen LogP contribution >= 0.6 is 11.3 Å². The number of rotatable bonds is 6. The van der Waals surface area contributed by atoms with Crippen LogP contribution in [0.4, 0.5) is 9.93 Å². The number of thiazole rings is 1. The van der Waals surface area contributed by atoms with Crippen LogP contribution in [0.3, 0.4) is 0 Å². The second-order valence-corrected chi connectivity index (χ2v) is 8.59. The minimum atomic E-state index is -0.106. The van der Waals surface area contributed by atoms with Crippen molar-refractivity contribution < 1.29 is 9.59 Å². The lowest BCUT2D eigenvalue weighted by Gasteiger charge is -2.24. The summed E-state index contributed by atoms with van der Waals surface area (Å²) in [5.74, 6) is 0.107. The van der Waals surface area contributed by atoms with Gasteiger partial charge >= 0.3 is 6.03 Å². The second-order valence-electron chi connectivity index (χ2n) is 7.75. The van der Waals surface area contributed by atoms with Crippen molar-refractivity contribution in [2.75, 3.05) is 44.2 Å². The van der Waals surface area contributed by atoms with E-state index in [0.717, 1.165) is 57.8 Å². The normalized spacial score (nSPS) is 18.4. The lowest BCUT2D eigenvalue weighted by atomic mass is 10.3. The van der Waals surface area contributed by atoms with Crippen LogP contribution in [0.2, 0.25) is 0 Å². The zero-order chi connectivity index (χ0) is 20.9. The van der Waals surface area contributed by atoms with Gasteiger partial charge in [-0.05, 0) is 19.8 Å². The van der Waals surface area contributed by atoms with E-state index in [9.17, 15) is 9.59 Å². The van der Waals surface area contributed by atoms with Crippen molar-refractivity contribution in [1.82, 2.24) is 29.9 Å². The predicted octanol–water partition coefficient (Wildman–Crippen LogP) is 1.56. The molecular formula is C20H29N7O2S. The first kappa shape index (κ1) is 20.8. The molecule has 0 bridgehead atoms. The number of carbonyl (C=O) groups is 2. The molecule has 9 nitrogen and oxygen atoms in total. The van der Waals surface area contributed by atoms with Gasteiger partial charge in [0.05, 0.1) is 18.3 Å². The average Bonchev–Trinajstić information content (AvgIpc) is 3.33. The Balaban J connectivity index is 1.29. The van der Waals surface area contributed by atoms with Crippen LogP contribution in [-0.2, 0) is 24.3 Å². The lowest BCUT2D eigenvalue weighted by molar-refractivity contribution is -0.130. The largest absolute Gasteiger partial charge is 0.341 e. The van der Waals surface area contributed by atoms with E-state index < -0.39 is 0 Å². The molecule has 2 aromatic rings. The van der Waals surface area contributed by atoms with Crippen molar-refractivity contribution in [2.45, 2.75) is 39.3 Å². The molecule has 0 aliphatic carbocycles. The van der Waals surface area contributed by atoms with E-state index in [1.807, 2.05) is 21.2 Å². The molecule has 2 aliphatic rings. The summed E-state index contributed by atoms with van der Waals surface area (Å²) in [4.78, 5) is 35.4. The fourth-order valence-electron chi connectivity index (χ4n) is 3.88. The quantitative estimate of drug-likeness (QED) is 0.750. The summed E-state index contributed by atoms with van der Waals surface area (Å²) < 4.78 is 1.94. The van der Waals surface area contributed by atoms with E-state index in [2.05, 4.69) is 33.4 Å². The molecule has 162 valence electrons. The zero-order valence-corrected chi connectivity index (χ0v) is 18.2. The first-order chi connectivity index (χ1) is 14.6. The van der Waals surface area contributed by atoms with Crippen LogP contribution in [0.25, 0.3) is 0 Å². The molecule has 30 heavy (non-hydrogen) atoms. The summed E-state index contributed by atoms with van der Waals surface area (Å²) in [6, 6.07) is -0.106. The number of anilines is 1. The molecule has 2 aromatic heterocycles. The molecule has 2 fully saturated rings. The number of aryl methyl sites for hydroxylation is 1. The Morgan fingerprint density at radius 3 is 2.90 bits per heavy atom. The van der Waals surface area contributed by atoms with Gasteiger partial charge in [0.1, 0.15) is 0 Å². The molecule has 10 heteroatoms. The van der Waals surface area contributed by atoms with Gasteiger partial charge in [0, 0.05) is 69.5 Å². The van der Waals surface area contributed by atoms with Crippen LogP contribution in [0.15, 0.2) is 17.8 Å². The number of urea groups is 1. The minimum Gasteiger partial charge on any atom is -0.341 e. The first-order valence-electron chi connectivity index (χ1n) is 10.6. The molecule has 0 spiro atoms. The Bertz CT molecular complexity index is 880. The third kappa shape index (κ3) is 4.99. The maximum Gasteiger partial charge on any atom is 0.323 e. The van der Waals surface area contributed by atoms with Crippen LogP contribution in [0.1, 0.15) is 31.0 Å². The smallest absolute Gasteiger partial charge is 0.323 e. The minimum absolute atomic E-state index is 0.106. The van der Waals surface area contributed by atoms with Gasteiger partial charge in [-0.3, -0.25) is 19.3 Å². The highest BCUT2D eigenvalue weighted by Gasteiger charge is 2.24. The SMILES string of the molecule is CCn1cc(CN2CCCN(C(=O)Cc3csc(N4CCCNC4=O)n3)CC2)cn1. The highest BCUT2D eigenvalue weighted by Crippen LogP contribution is 2.23. The standard InChI is InChI=1S/C20H29N7O2S/c1-2-26-14-16(12-22-26)13-24-6-4-7-25(10-9-24)18(28)11-17-15-30-20(23-17)27-8-3-5-21-19(27)29/h12,14-15H,2-11,13H2,1H3,(H,21,29). The first-order valence-corrected chi connectivity index (χ1v) is 11.5. The summed E-state index contributed by atoms with van der Waals surface area (Å²) in [5, 5.41) is 9.74. The molecular weight excluding hydrogens is 402 g/mol. The van der Waals surface area contributed by atoms with Crippen molar-refractivity contribution in [3.8, 4) is 0 Å². The maximum absolute atomic E-state index is 12.8. The van der Waals surface area contributed by atoms with E-state index in [1.165, 1.54) is 16.9 Å². The molecule has 0 radical (unpaired) electrons. The van der Waals surface area contributed by atoms with E-state index in [1.54, 1.807) is 4.90 Å². The molecule has 1 N–H and O–H groups in total. The second kappa shape index (κ2) is 9.57. The number of nitrogens with one attached hydrogen (secondary N) is 1. The Labute approximate surface area is 180 Å².